The maximum atomic E-state index is 11.9. The predicted molar refractivity (Wildman–Crippen MR) is 68.6 cm³/mol. The molecule has 1 aromatic rings. The van der Waals surface area contributed by atoms with Crippen LogP contribution in [0.2, 0.25) is 0 Å². The molecule has 1 aromatic carbocycles. The molecule has 0 fully saturated rings. The van der Waals surface area contributed by atoms with E-state index in [0.717, 1.165) is 0 Å². The summed E-state index contributed by atoms with van der Waals surface area (Å²) in [6, 6.07) is 6.95. The minimum absolute atomic E-state index is 0.0215. The molecule has 0 aromatic heterocycles. The molecule has 0 bridgehead atoms. The molecule has 0 unspecified atom stereocenters. The van der Waals surface area contributed by atoms with Crippen LogP contribution in [0.25, 0.3) is 0 Å². The standard InChI is InChI=1S/C13H18N2O3/c1-4-18-11-8-6-5-7-10(11)13(17)14-9-12(16)15(2)3/h5-8H,4,9H2,1-3H3,(H,14,17). The second kappa shape index (κ2) is 6.64. The van der Waals surface area contributed by atoms with Gasteiger partial charge in [-0.25, -0.2) is 0 Å². The molecular formula is C13H18N2O3. The van der Waals surface area contributed by atoms with Gasteiger partial charge in [-0.05, 0) is 19.1 Å². The van der Waals surface area contributed by atoms with E-state index in [1.807, 2.05) is 6.92 Å². The summed E-state index contributed by atoms with van der Waals surface area (Å²) in [4.78, 5) is 24.7. The number of amides is 2. The number of nitrogens with one attached hydrogen (secondary N) is 1. The van der Waals surface area contributed by atoms with E-state index in [9.17, 15) is 9.59 Å². The number of benzene rings is 1. The summed E-state index contributed by atoms with van der Waals surface area (Å²) in [6.45, 7) is 2.32. The Kier molecular flexibility index (Phi) is 5.17. The van der Waals surface area contributed by atoms with Crippen molar-refractivity contribution in [3.63, 3.8) is 0 Å². The van der Waals surface area contributed by atoms with Crippen molar-refractivity contribution < 1.29 is 14.3 Å². The van der Waals surface area contributed by atoms with Gasteiger partial charge in [0.1, 0.15) is 5.75 Å². The fourth-order valence-electron chi connectivity index (χ4n) is 1.34. The summed E-state index contributed by atoms with van der Waals surface area (Å²) in [5.41, 5.74) is 0.436. The predicted octanol–water partition coefficient (Wildman–Crippen LogP) is 0.903. The first kappa shape index (κ1) is 14.0. The summed E-state index contributed by atoms with van der Waals surface area (Å²) < 4.78 is 5.36. The van der Waals surface area contributed by atoms with Crippen LogP contribution in [-0.2, 0) is 4.79 Å². The van der Waals surface area contributed by atoms with Gasteiger partial charge in [-0.1, -0.05) is 12.1 Å². The summed E-state index contributed by atoms with van der Waals surface area (Å²) in [6.07, 6.45) is 0. The summed E-state index contributed by atoms with van der Waals surface area (Å²) in [7, 11) is 3.28. The van der Waals surface area contributed by atoms with Gasteiger partial charge in [-0.2, -0.15) is 0 Å². The van der Waals surface area contributed by atoms with Crippen LogP contribution in [0.5, 0.6) is 5.75 Å². The van der Waals surface area contributed by atoms with E-state index >= 15 is 0 Å². The number of ether oxygens (including phenoxy) is 1. The third kappa shape index (κ3) is 3.76. The van der Waals surface area contributed by atoms with Gasteiger partial charge in [0.05, 0.1) is 18.7 Å². The van der Waals surface area contributed by atoms with E-state index < -0.39 is 0 Å². The maximum Gasteiger partial charge on any atom is 0.255 e. The largest absolute Gasteiger partial charge is 0.493 e. The van der Waals surface area contributed by atoms with Crippen LogP contribution in [0.1, 0.15) is 17.3 Å². The van der Waals surface area contributed by atoms with Crippen molar-refractivity contribution in [1.29, 1.82) is 0 Å². The molecule has 0 saturated heterocycles. The van der Waals surface area contributed by atoms with Gasteiger partial charge in [-0.3, -0.25) is 9.59 Å². The number of para-hydroxylation sites is 1. The van der Waals surface area contributed by atoms with Crippen molar-refractivity contribution >= 4 is 11.8 Å². The first-order chi connectivity index (χ1) is 8.56. The number of nitrogens with zero attached hydrogens (tertiary/aromatic N) is 1. The highest BCUT2D eigenvalue weighted by atomic mass is 16.5. The fourth-order valence-corrected chi connectivity index (χ4v) is 1.34. The van der Waals surface area contributed by atoms with Crippen LogP contribution in [-0.4, -0.2) is 44.0 Å². The normalized spacial score (nSPS) is 9.72. The molecule has 0 atom stereocenters. The highest BCUT2D eigenvalue weighted by molar-refractivity contribution is 5.98. The van der Waals surface area contributed by atoms with Gasteiger partial charge in [0.2, 0.25) is 5.91 Å². The van der Waals surface area contributed by atoms with E-state index in [-0.39, 0.29) is 18.4 Å². The van der Waals surface area contributed by atoms with Crippen LogP contribution < -0.4 is 10.1 Å². The molecule has 2 amide bonds. The van der Waals surface area contributed by atoms with Crippen molar-refractivity contribution in [3.05, 3.63) is 29.8 Å². The molecule has 0 saturated carbocycles. The number of hydrogen-bond acceptors (Lipinski definition) is 3. The minimum atomic E-state index is -0.311. The molecule has 0 heterocycles. The Morgan fingerprint density at radius 2 is 1.94 bits per heavy atom. The molecule has 0 aliphatic heterocycles. The number of carbonyl (C=O) groups is 2. The Hall–Kier alpha value is -2.04. The third-order valence-electron chi connectivity index (χ3n) is 2.33. The number of hydrogen-bond donors (Lipinski definition) is 1. The Morgan fingerprint density at radius 1 is 1.28 bits per heavy atom. The lowest BCUT2D eigenvalue weighted by Gasteiger charge is -2.12. The molecule has 5 heteroatoms. The van der Waals surface area contributed by atoms with Gasteiger partial charge in [0.25, 0.3) is 5.91 Å². The molecule has 0 radical (unpaired) electrons. The van der Waals surface area contributed by atoms with Gasteiger partial charge in [0.15, 0.2) is 0 Å². The Balaban J connectivity index is 2.69. The molecule has 1 N–H and O–H groups in total. The molecule has 0 aliphatic carbocycles. The monoisotopic (exact) mass is 250 g/mol. The second-order valence-corrected chi connectivity index (χ2v) is 3.90. The van der Waals surface area contributed by atoms with Gasteiger partial charge >= 0.3 is 0 Å². The Morgan fingerprint density at radius 3 is 2.56 bits per heavy atom. The lowest BCUT2D eigenvalue weighted by atomic mass is 10.2. The van der Waals surface area contributed by atoms with Gasteiger partial charge < -0.3 is 15.0 Å². The van der Waals surface area contributed by atoms with Crippen molar-refractivity contribution in [3.8, 4) is 5.75 Å². The van der Waals surface area contributed by atoms with Crippen molar-refractivity contribution in [2.24, 2.45) is 0 Å². The van der Waals surface area contributed by atoms with Crippen LogP contribution in [0, 0.1) is 0 Å². The highest BCUT2D eigenvalue weighted by Gasteiger charge is 2.13. The van der Waals surface area contributed by atoms with Gasteiger partial charge in [-0.15, -0.1) is 0 Å². The average molecular weight is 250 g/mol. The maximum absolute atomic E-state index is 11.9. The molecule has 0 aliphatic rings. The zero-order chi connectivity index (χ0) is 13.5. The van der Waals surface area contributed by atoms with Gasteiger partial charge in [0, 0.05) is 14.1 Å². The third-order valence-corrected chi connectivity index (χ3v) is 2.33. The first-order valence-electron chi connectivity index (χ1n) is 5.76. The van der Waals surface area contributed by atoms with Crippen molar-refractivity contribution in [1.82, 2.24) is 10.2 Å². The number of carbonyl (C=O) groups excluding carboxylic acids is 2. The highest BCUT2D eigenvalue weighted by Crippen LogP contribution is 2.17. The fraction of sp³-hybridized carbons (Fsp3) is 0.385. The zero-order valence-electron chi connectivity index (χ0n) is 10.9. The van der Waals surface area contributed by atoms with Crippen LogP contribution in [0.15, 0.2) is 24.3 Å². The topological polar surface area (TPSA) is 58.6 Å². The Labute approximate surface area is 107 Å². The SMILES string of the molecule is CCOc1ccccc1C(=O)NCC(=O)N(C)C. The molecule has 0 spiro atoms. The molecule has 1 rings (SSSR count). The van der Waals surface area contributed by atoms with E-state index in [0.29, 0.717) is 17.9 Å². The summed E-state index contributed by atoms with van der Waals surface area (Å²) in [5, 5.41) is 2.57. The van der Waals surface area contributed by atoms with E-state index in [2.05, 4.69) is 5.32 Å². The lowest BCUT2D eigenvalue weighted by molar-refractivity contribution is -0.127. The number of likely N-dealkylation sites (N-methyl/N-ethyl adjacent to an activating group) is 1. The summed E-state index contributed by atoms with van der Waals surface area (Å²) in [5.74, 6) is 0.0568. The second-order valence-electron chi connectivity index (χ2n) is 3.90. The zero-order valence-corrected chi connectivity index (χ0v) is 10.9. The lowest BCUT2D eigenvalue weighted by Crippen LogP contribution is -2.36. The molecule has 98 valence electrons. The molecule has 18 heavy (non-hydrogen) atoms. The average Bonchev–Trinajstić information content (AvgIpc) is 2.36. The smallest absolute Gasteiger partial charge is 0.255 e. The minimum Gasteiger partial charge on any atom is -0.493 e. The molecule has 5 nitrogen and oxygen atoms in total. The quantitative estimate of drug-likeness (QED) is 0.844. The summed E-state index contributed by atoms with van der Waals surface area (Å²) >= 11 is 0. The van der Waals surface area contributed by atoms with Crippen LogP contribution in [0.3, 0.4) is 0 Å². The van der Waals surface area contributed by atoms with E-state index in [1.165, 1.54) is 4.90 Å². The van der Waals surface area contributed by atoms with Crippen molar-refractivity contribution in [2.45, 2.75) is 6.92 Å². The number of rotatable bonds is 5. The van der Waals surface area contributed by atoms with E-state index in [1.54, 1.807) is 38.4 Å². The van der Waals surface area contributed by atoms with Crippen LogP contribution >= 0.6 is 0 Å². The van der Waals surface area contributed by atoms with E-state index in [4.69, 9.17) is 4.74 Å². The molecular weight excluding hydrogens is 232 g/mol. The first-order valence-corrected chi connectivity index (χ1v) is 5.76. The van der Waals surface area contributed by atoms with Crippen LogP contribution in [0.4, 0.5) is 0 Å². The van der Waals surface area contributed by atoms with Crippen molar-refractivity contribution in [2.75, 3.05) is 27.2 Å². The Bertz CT molecular complexity index is 430.